The second kappa shape index (κ2) is 6.85. The molecule has 0 fully saturated rings. The number of pyridine rings is 1. The third-order valence-electron chi connectivity index (χ3n) is 2.90. The Bertz CT molecular complexity index is 743. The van der Waals surface area contributed by atoms with Gasteiger partial charge in [0.15, 0.2) is 0 Å². The van der Waals surface area contributed by atoms with E-state index in [1.165, 1.54) is 11.5 Å². The molecule has 2 rings (SSSR count). The topological polar surface area (TPSA) is 63.5 Å². The average Bonchev–Trinajstić information content (AvgIpc) is 2.47. The van der Waals surface area contributed by atoms with Gasteiger partial charge in [-0.1, -0.05) is 6.07 Å². The van der Waals surface area contributed by atoms with Crippen molar-refractivity contribution in [3.8, 4) is 0 Å². The van der Waals surface area contributed by atoms with E-state index in [0.29, 0.717) is 16.7 Å². The third kappa shape index (κ3) is 3.91. The van der Waals surface area contributed by atoms with Crippen molar-refractivity contribution in [3.63, 3.8) is 0 Å². The molecular weight excluding hydrogens is 278 g/mol. The first-order valence-corrected chi connectivity index (χ1v) is 7.11. The highest BCUT2D eigenvalue weighted by Crippen LogP contribution is 2.10. The maximum absolute atomic E-state index is 12.6. The molecule has 1 N–H and O–H groups in total. The number of nitrogens with one attached hydrogen (secondary N) is 1. The van der Waals surface area contributed by atoms with E-state index >= 15 is 0 Å². The Kier molecular flexibility index (Phi) is 4.88. The highest BCUT2D eigenvalue weighted by atomic mass is 16.2. The predicted octanol–water partition coefficient (Wildman–Crippen LogP) is 2.44. The number of aromatic nitrogens is 1. The van der Waals surface area contributed by atoms with Gasteiger partial charge in [-0.2, -0.15) is 0 Å². The molecule has 0 unspecified atom stereocenters. The maximum atomic E-state index is 12.6. The molecule has 22 heavy (non-hydrogen) atoms. The molecule has 0 aliphatic carbocycles. The summed E-state index contributed by atoms with van der Waals surface area (Å²) in [4.78, 5) is 28.1. The van der Waals surface area contributed by atoms with Crippen LogP contribution in [0.3, 0.4) is 0 Å². The number of hydrogen-bond acceptors (Lipinski definition) is 3. The average molecular weight is 297 g/mol. The number of amides is 1. The molecule has 0 aliphatic rings. The van der Waals surface area contributed by atoms with Crippen LogP contribution in [0.25, 0.3) is 0 Å². The minimum atomic E-state index is -0.158. The Morgan fingerprint density at radius 3 is 2.36 bits per heavy atom. The van der Waals surface area contributed by atoms with Gasteiger partial charge in [0.05, 0.1) is 0 Å². The molecule has 0 spiro atoms. The van der Waals surface area contributed by atoms with Crippen molar-refractivity contribution >= 4 is 17.5 Å². The van der Waals surface area contributed by atoms with Crippen molar-refractivity contribution < 1.29 is 9.59 Å². The van der Waals surface area contributed by atoms with Gasteiger partial charge in [0.1, 0.15) is 5.49 Å². The molecular formula is C17H19N3O2. The molecule has 0 bridgehead atoms. The zero-order valence-corrected chi connectivity index (χ0v) is 12.9. The summed E-state index contributed by atoms with van der Waals surface area (Å²) in [5.41, 5.74) is 1.81. The van der Waals surface area contributed by atoms with Crippen LogP contribution in [0.2, 0.25) is 0 Å². The highest BCUT2D eigenvalue weighted by molar-refractivity contribution is 5.96. The molecule has 5 heteroatoms. The lowest BCUT2D eigenvalue weighted by Crippen LogP contribution is -2.28. The van der Waals surface area contributed by atoms with Crippen molar-refractivity contribution in [1.29, 1.82) is 0 Å². The zero-order valence-electron chi connectivity index (χ0n) is 12.9. The van der Waals surface area contributed by atoms with Crippen LogP contribution in [0.5, 0.6) is 0 Å². The SMILES string of the molecule is CC(=O)Nc1ccc(C(=O)n2ccccc2=NC(C)C)cc1. The Balaban J connectivity index is 2.35. The fourth-order valence-electron chi connectivity index (χ4n) is 2.01. The zero-order chi connectivity index (χ0) is 16.1. The number of nitrogens with zero attached hydrogens (tertiary/aromatic N) is 2. The molecule has 0 aliphatic heterocycles. The summed E-state index contributed by atoms with van der Waals surface area (Å²) >= 11 is 0. The number of hydrogen-bond donors (Lipinski definition) is 1. The van der Waals surface area contributed by atoms with Gasteiger partial charge in [-0.05, 0) is 50.2 Å². The van der Waals surface area contributed by atoms with Crippen molar-refractivity contribution in [2.45, 2.75) is 26.8 Å². The Labute approximate surface area is 129 Å². The van der Waals surface area contributed by atoms with Gasteiger partial charge in [-0.3, -0.25) is 19.1 Å². The second-order valence-corrected chi connectivity index (χ2v) is 5.22. The summed E-state index contributed by atoms with van der Waals surface area (Å²) in [6.45, 7) is 5.37. The predicted molar refractivity (Wildman–Crippen MR) is 85.6 cm³/mol. The fourth-order valence-corrected chi connectivity index (χ4v) is 2.01. The molecule has 0 atom stereocenters. The van der Waals surface area contributed by atoms with Gasteiger partial charge in [0.25, 0.3) is 5.91 Å². The largest absolute Gasteiger partial charge is 0.326 e. The summed E-state index contributed by atoms with van der Waals surface area (Å²) in [5.74, 6) is -0.302. The van der Waals surface area contributed by atoms with Gasteiger partial charge in [-0.25, -0.2) is 0 Å². The molecule has 0 saturated carbocycles. The minimum Gasteiger partial charge on any atom is -0.326 e. The van der Waals surface area contributed by atoms with Crippen LogP contribution in [0.4, 0.5) is 5.69 Å². The van der Waals surface area contributed by atoms with E-state index in [9.17, 15) is 9.59 Å². The van der Waals surface area contributed by atoms with E-state index < -0.39 is 0 Å². The molecule has 1 amide bonds. The number of benzene rings is 1. The normalized spacial score (nSPS) is 11.5. The van der Waals surface area contributed by atoms with E-state index in [1.807, 2.05) is 26.0 Å². The van der Waals surface area contributed by atoms with E-state index in [1.54, 1.807) is 36.5 Å². The lowest BCUT2D eigenvalue weighted by atomic mass is 10.2. The van der Waals surface area contributed by atoms with Gasteiger partial charge >= 0.3 is 0 Å². The molecule has 1 aromatic heterocycles. The van der Waals surface area contributed by atoms with E-state index in [-0.39, 0.29) is 17.9 Å². The number of carbonyl (C=O) groups excluding carboxylic acids is 2. The number of rotatable bonds is 3. The van der Waals surface area contributed by atoms with E-state index in [4.69, 9.17) is 0 Å². The van der Waals surface area contributed by atoms with Crippen LogP contribution < -0.4 is 10.8 Å². The first-order valence-electron chi connectivity index (χ1n) is 7.11. The van der Waals surface area contributed by atoms with Crippen LogP contribution in [-0.2, 0) is 4.79 Å². The third-order valence-corrected chi connectivity index (χ3v) is 2.90. The molecule has 114 valence electrons. The minimum absolute atomic E-state index is 0.101. The molecule has 5 nitrogen and oxygen atoms in total. The van der Waals surface area contributed by atoms with Crippen LogP contribution in [0, 0.1) is 0 Å². The maximum Gasteiger partial charge on any atom is 0.263 e. The Morgan fingerprint density at radius 1 is 1.09 bits per heavy atom. The molecule has 0 saturated heterocycles. The molecule has 2 aromatic rings. The van der Waals surface area contributed by atoms with Crippen LogP contribution >= 0.6 is 0 Å². The molecule has 1 heterocycles. The second-order valence-electron chi connectivity index (χ2n) is 5.22. The van der Waals surface area contributed by atoms with Crippen LogP contribution in [0.1, 0.15) is 31.1 Å². The lowest BCUT2D eigenvalue weighted by molar-refractivity contribution is -0.114. The summed E-state index contributed by atoms with van der Waals surface area (Å²) in [6, 6.07) is 12.3. The standard InChI is InChI=1S/C17H19N3O2/c1-12(2)18-16-6-4-5-11-20(16)17(22)14-7-9-15(10-8-14)19-13(3)21/h4-12H,1-3H3,(H,19,21). The summed E-state index contributed by atoms with van der Waals surface area (Å²) in [5, 5.41) is 2.67. The van der Waals surface area contributed by atoms with Crippen LogP contribution in [0.15, 0.2) is 53.7 Å². The van der Waals surface area contributed by atoms with Gasteiger partial charge in [0.2, 0.25) is 5.91 Å². The van der Waals surface area contributed by atoms with Crippen LogP contribution in [-0.4, -0.2) is 22.4 Å². The fraction of sp³-hybridized carbons (Fsp3) is 0.235. The smallest absolute Gasteiger partial charge is 0.263 e. The van der Waals surface area contributed by atoms with Crippen molar-refractivity contribution in [2.24, 2.45) is 4.99 Å². The highest BCUT2D eigenvalue weighted by Gasteiger charge is 2.09. The van der Waals surface area contributed by atoms with Gasteiger partial charge < -0.3 is 5.32 Å². The van der Waals surface area contributed by atoms with Gasteiger partial charge in [-0.15, -0.1) is 0 Å². The molecule has 1 aromatic carbocycles. The quantitative estimate of drug-likeness (QED) is 0.945. The van der Waals surface area contributed by atoms with Crippen molar-refractivity contribution in [3.05, 3.63) is 59.7 Å². The Hall–Kier alpha value is -2.69. The first-order chi connectivity index (χ1) is 10.5. The monoisotopic (exact) mass is 297 g/mol. The Morgan fingerprint density at radius 2 is 1.77 bits per heavy atom. The van der Waals surface area contributed by atoms with Crippen molar-refractivity contribution in [1.82, 2.24) is 4.57 Å². The summed E-state index contributed by atoms with van der Waals surface area (Å²) in [6.07, 6.45) is 1.70. The number of anilines is 1. The van der Waals surface area contributed by atoms with Gasteiger partial charge in [0, 0.05) is 30.4 Å². The van der Waals surface area contributed by atoms with E-state index in [0.717, 1.165) is 0 Å². The van der Waals surface area contributed by atoms with Crippen molar-refractivity contribution in [2.75, 3.05) is 5.32 Å². The first kappa shape index (κ1) is 15.7. The summed E-state index contributed by atoms with van der Waals surface area (Å²) < 4.78 is 1.52. The summed E-state index contributed by atoms with van der Waals surface area (Å²) in [7, 11) is 0. The molecule has 0 radical (unpaired) electrons. The number of carbonyl (C=O) groups is 2. The lowest BCUT2D eigenvalue weighted by Gasteiger charge is -2.08. The van der Waals surface area contributed by atoms with E-state index in [2.05, 4.69) is 10.3 Å².